The number of carbonyl (C=O) groups is 1. The molecule has 0 aromatic rings. The van der Waals surface area contributed by atoms with E-state index in [0.717, 1.165) is 12.8 Å². The largest absolute Gasteiger partial charge is 0.409 e. The van der Waals surface area contributed by atoms with Crippen LogP contribution >= 0.6 is 0 Å². The maximum Gasteiger partial charge on any atom is 0.236 e. The molecule has 6 heteroatoms. The van der Waals surface area contributed by atoms with E-state index in [1.54, 1.807) is 4.90 Å². The fourth-order valence-corrected chi connectivity index (χ4v) is 2.21. The Morgan fingerprint density at radius 3 is 2.21 bits per heavy atom. The lowest BCUT2D eigenvalue weighted by Crippen LogP contribution is -2.51. The molecule has 0 heterocycles. The van der Waals surface area contributed by atoms with Crippen molar-refractivity contribution in [3.63, 3.8) is 0 Å². The smallest absolute Gasteiger partial charge is 0.236 e. The van der Waals surface area contributed by atoms with Gasteiger partial charge in [0, 0.05) is 13.1 Å². The summed E-state index contributed by atoms with van der Waals surface area (Å²) in [7, 11) is 0. The van der Waals surface area contributed by atoms with Crippen LogP contribution in [0.15, 0.2) is 5.16 Å². The lowest BCUT2D eigenvalue weighted by atomic mass is 9.79. The molecule has 4 N–H and O–H groups in total. The molecule has 0 saturated carbocycles. The molecular formula is C13H27N3O3. The first-order valence-electron chi connectivity index (χ1n) is 6.92. The van der Waals surface area contributed by atoms with Crippen molar-refractivity contribution in [2.75, 3.05) is 19.7 Å². The van der Waals surface area contributed by atoms with Crippen molar-refractivity contribution < 1.29 is 15.1 Å². The number of hydrogen-bond donors (Lipinski definition) is 3. The van der Waals surface area contributed by atoms with Gasteiger partial charge in [0.15, 0.2) is 5.84 Å². The molecule has 0 saturated heterocycles. The average Bonchev–Trinajstić information content (AvgIpc) is 2.44. The number of carbonyl (C=O) groups excluding carboxylic acids is 1. The molecule has 6 nitrogen and oxygen atoms in total. The van der Waals surface area contributed by atoms with Crippen molar-refractivity contribution in [2.45, 2.75) is 46.5 Å². The topological polar surface area (TPSA) is 99.2 Å². The van der Waals surface area contributed by atoms with E-state index in [4.69, 9.17) is 16.0 Å². The summed E-state index contributed by atoms with van der Waals surface area (Å²) in [5, 5.41) is 21.0. The minimum absolute atomic E-state index is 0.0538. The molecule has 112 valence electrons. The third kappa shape index (κ3) is 4.09. The highest BCUT2D eigenvalue weighted by Crippen LogP contribution is 2.29. The number of amidine groups is 1. The Hall–Kier alpha value is -1.30. The SMILES string of the molecule is CCCCN(CCO)C(=O)C(CC)(CC)C(N)=NO. The van der Waals surface area contributed by atoms with E-state index < -0.39 is 5.41 Å². The van der Waals surface area contributed by atoms with Gasteiger partial charge < -0.3 is 20.9 Å². The molecule has 0 unspecified atom stereocenters. The monoisotopic (exact) mass is 273 g/mol. The lowest BCUT2D eigenvalue weighted by molar-refractivity contribution is -0.139. The molecule has 0 spiro atoms. The summed E-state index contributed by atoms with van der Waals surface area (Å²) in [5.74, 6) is -0.225. The minimum atomic E-state index is -0.975. The summed E-state index contributed by atoms with van der Waals surface area (Å²) in [6.45, 7) is 6.50. The van der Waals surface area contributed by atoms with E-state index >= 15 is 0 Å². The predicted octanol–water partition coefficient (Wildman–Crippen LogP) is 1.16. The second kappa shape index (κ2) is 8.74. The number of aliphatic hydroxyl groups excluding tert-OH is 1. The van der Waals surface area contributed by atoms with Gasteiger partial charge in [-0.05, 0) is 19.3 Å². The Bertz CT molecular complexity index is 302. The number of nitrogens with zero attached hydrogens (tertiary/aromatic N) is 2. The van der Waals surface area contributed by atoms with Gasteiger partial charge in [-0.25, -0.2) is 0 Å². The number of rotatable bonds is 9. The summed E-state index contributed by atoms with van der Waals surface area (Å²) < 4.78 is 0. The summed E-state index contributed by atoms with van der Waals surface area (Å²) in [6, 6.07) is 0. The Labute approximate surface area is 115 Å². The molecule has 0 radical (unpaired) electrons. The predicted molar refractivity (Wildman–Crippen MR) is 75.0 cm³/mol. The van der Waals surface area contributed by atoms with Gasteiger partial charge in [-0.2, -0.15) is 0 Å². The second-order valence-electron chi connectivity index (χ2n) is 4.64. The van der Waals surface area contributed by atoms with Crippen LogP contribution in [0.3, 0.4) is 0 Å². The molecule has 19 heavy (non-hydrogen) atoms. The molecule has 0 aromatic heterocycles. The van der Waals surface area contributed by atoms with Gasteiger partial charge in [0.1, 0.15) is 5.41 Å². The van der Waals surface area contributed by atoms with Crippen LogP contribution in [0.25, 0.3) is 0 Å². The van der Waals surface area contributed by atoms with Crippen LogP contribution in [0.4, 0.5) is 0 Å². The second-order valence-corrected chi connectivity index (χ2v) is 4.64. The van der Waals surface area contributed by atoms with E-state index in [0.29, 0.717) is 19.4 Å². The fourth-order valence-electron chi connectivity index (χ4n) is 2.21. The van der Waals surface area contributed by atoms with Gasteiger partial charge >= 0.3 is 0 Å². The van der Waals surface area contributed by atoms with Gasteiger partial charge in [0.25, 0.3) is 0 Å². The number of nitrogens with two attached hydrogens (primary N) is 1. The first kappa shape index (κ1) is 17.7. The van der Waals surface area contributed by atoms with Crippen molar-refractivity contribution in [1.29, 1.82) is 0 Å². The van der Waals surface area contributed by atoms with Crippen LogP contribution in [0.5, 0.6) is 0 Å². The fraction of sp³-hybridized carbons (Fsp3) is 0.846. The molecule has 0 aliphatic rings. The average molecular weight is 273 g/mol. The quantitative estimate of drug-likeness (QED) is 0.254. The zero-order valence-corrected chi connectivity index (χ0v) is 12.2. The molecule has 1 amide bonds. The van der Waals surface area contributed by atoms with Gasteiger partial charge in [0.2, 0.25) is 5.91 Å². The van der Waals surface area contributed by atoms with Gasteiger partial charge in [-0.15, -0.1) is 0 Å². The Morgan fingerprint density at radius 2 is 1.84 bits per heavy atom. The van der Waals surface area contributed by atoms with Crippen molar-refractivity contribution in [1.82, 2.24) is 4.90 Å². The molecule has 0 aromatic carbocycles. The Morgan fingerprint density at radius 1 is 1.26 bits per heavy atom. The third-order valence-electron chi connectivity index (χ3n) is 3.65. The van der Waals surface area contributed by atoms with Crippen LogP contribution < -0.4 is 5.73 Å². The van der Waals surface area contributed by atoms with Crippen LogP contribution in [-0.4, -0.2) is 46.7 Å². The molecule has 0 rings (SSSR count). The van der Waals surface area contributed by atoms with E-state index in [-0.39, 0.29) is 24.9 Å². The first-order chi connectivity index (χ1) is 9.03. The first-order valence-corrected chi connectivity index (χ1v) is 6.92. The highest BCUT2D eigenvalue weighted by atomic mass is 16.4. The lowest BCUT2D eigenvalue weighted by Gasteiger charge is -2.34. The maximum absolute atomic E-state index is 12.7. The number of amides is 1. The van der Waals surface area contributed by atoms with Crippen LogP contribution in [-0.2, 0) is 4.79 Å². The minimum Gasteiger partial charge on any atom is -0.409 e. The van der Waals surface area contributed by atoms with E-state index in [1.165, 1.54) is 0 Å². The summed E-state index contributed by atoms with van der Waals surface area (Å²) >= 11 is 0. The number of unbranched alkanes of at least 4 members (excludes halogenated alkanes) is 1. The van der Waals surface area contributed by atoms with Gasteiger partial charge in [0.05, 0.1) is 6.61 Å². The molecule has 0 aliphatic carbocycles. The normalized spacial score (nSPS) is 12.5. The van der Waals surface area contributed by atoms with E-state index in [1.807, 2.05) is 20.8 Å². The summed E-state index contributed by atoms with van der Waals surface area (Å²) in [4.78, 5) is 14.3. The molecule has 0 bridgehead atoms. The molecular weight excluding hydrogens is 246 g/mol. The highest BCUT2D eigenvalue weighted by Gasteiger charge is 2.42. The summed E-state index contributed by atoms with van der Waals surface area (Å²) in [5.41, 5.74) is 4.75. The number of hydrogen-bond acceptors (Lipinski definition) is 4. The number of aliphatic hydroxyl groups is 1. The number of oxime groups is 1. The zero-order chi connectivity index (χ0) is 14.9. The standard InChI is InChI=1S/C13H27N3O3/c1-4-7-8-16(9-10-17)12(18)13(5-2,6-3)11(14)15-19/h17,19H,4-10H2,1-3H3,(H2,14,15). The van der Waals surface area contributed by atoms with Crippen molar-refractivity contribution in [3.8, 4) is 0 Å². The van der Waals surface area contributed by atoms with Crippen molar-refractivity contribution in [2.24, 2.45) is 16.3 Å². The van der Waals surface area contributed by atoms with Gasteiger partial charge in [-0.1, -0.05) is 32.3 Å². The maximum atomic E-state index is 12.7. The van der Waals surface area contributed by atoms with Gasteiger partial charge in [-0.3, -0.25) is 4.79 Å². The van der Waals surface area contributed by atoms with Crippen LogP contribution in [0.1, 0.15) is 46.5 Å². The summed E-state index contributed by atoms with van der Waals surface area (Å²) in [6.07, 6.45) is 2.76. The highest BCUT2D eigenvalue weighted by molar-refractivity contribution is 6.06. The molecule has 0 atom stereocenters. The Balaban J connectivity index is 5.23. The van der Waals surface area contributed by atoms with Crippen LogP contribution in [0, 0.1) is 5.41 Å². The van der Waals surface area contributed by atoms with Crippen LogP contribution in [0.2, 0.25) is 0 Å². The third-order valence-corrected chi connectivity index (χ3v) is 3.65. The van der Waals surface area contributed by atoms with Crippen molar-refractivity contribution in [3.05, 3.63) is 0 Å². The Kier molecular flexibility index (Phi) is 8.14. The molecule has 0 aliphatic heterocycles. The van der Waals surface area contributed by atoms with E-state index in [2.05, 4.69) is 5.16 Å². The molecule has 0 fully saturated rings. The zero-order valence-electron chi connectivity index (χ0n) is 12.2. The van der Waals surface area contributed by atoms with Crippen molar-refractivity contribution >= 4 is 11.7 Å². The van der Waals surface area contributed by atoms with E-state index in [9.17, 15) is 4.79 Å².